The zero-order valence-electron chi connectivity index (χ0n) is 17.6. The predicted octanol–water partition coefficient (Wildman–Crippen LogP) is 5.50. The van der Waals surface area contributed by atoms with E-state index in [1.807, 2.05) is 52.9 Å². The van der Waals surface area contributed by atoms with Crippen molar-refractivity contribution in [3.05, 3.63) is 53.6 Å². The molecule has 3 rings (SSSR count). The zero-order valence-corrected chi connectivity index (χ0v) is 17.6. The maximum atomic E-state index is 5.88. The molecule has 2 aromatic carbocycles. The first-order valence-electron chi connectivity index (χ1n) is 9.98. The molecule has 148 valence electrons. The lowest BCUT2D eigenvalue weighted by molar-refractivity contribution is 0.214. The first kappa shape index (κ1) is 22.7. The standard InChI is InChI=1S/C19H22N2O2.2C2H6/c1-20-11-5-6-12-23-14-9-10-16-15-7-3-4-8-17(15)19(21-22-2)18(16)13-14;2*1-2/h3-4,7-10,13,20H,5-6,11-12H2,1-2H3;2*1-2H3/b21-19-;;. The van der Waals surface area contributed by atoms with Gasteiger partial charge < -0.3 is 14.9 Å². The molecule has 0 saturated heterocycles. The normalized spacial score (nSPS) is 12.1. The van der Waals surface area contributed by atoms with Crippen LogP contribution in [-0.4, -0.2) is 33.0 Å². The Morgan fingerprint density at radius 2 is 1.52 bits per heavy atom. The van der Waals surface area contributed by atoms with E-state index in [1.165, 1.54) is 11.1 Å². The Morgan fingerprint density at radius 1 is 0.852 bits per heavy atom. The smallest absolute Gasteiger partial charge is 0.120 e. The Bertz CT molecular complexity index is 711. The number of rotatable bonds is 7. The van der Waals surface area contributed by atoms with Crippen LogP contribution in [0.3, 0.4) is 0 Å². The topological polar surface area (TPSA) is 42.8 Å². The van der Waals surface area contributed by atoms with Gasteiger partial charge in [-0.3, -0.25) is 0 Å². The van der Waals surface area contributed by atoms with Crippen molar-refractivity contribution in [3.8, 4) is 16.9 Å². The highest BCUT2D eigenvalue weighted by Gasteiger charge is 2.25. The second kappa shape index (κ2) is 12.9. The van der Waals surface area contributed by atoms with E-state index in [1.54, 1.807) is 7.11 Å². The summed E-state index contributed by atoms with van der Waals surface area (Å²) in [6.07, 6.45) is 2.15. The third-order valence-electron chi connectivity index (χ3n) is 3.99. The van der Waals surface area contributed by atoms with Crippen molar-refractivity contribution in [3.63, 3.8) is 0 Å². The molecule has 0 radical (unpaired) electrons. The summed E-state index contributed by atoms with van der Waals surface area (Å²) in [5.74, 6) is 0.879. The summed E-state index contributed by atoms with van der Waals surface area (Å²) < 4.78 is 5.88. The van der Waals surface area contributed by atoms with E-state index < -0.39 is 0 Å². The van der Waals surface area contributed by atoms with Crippen molar-refractivity contribution in [2.75, 3.05) is 27.3 Å². The molecule has 0 atom stereocenters. The molecule has 0 unspecified atom stereocenters. The van der Waals surface area contributed by atoms with Gasteiger partial charge in [-0.2, -0.15) is 0 Å². The van der Waals surface area contributed by atoms with Gasteiger partial charge in [-0.05, 0) is 55.8 Å². The second-order valence-electron chi connectivity index (χ2n) is 5.53. The number of ether oxygens (including phenoxy) is 1. The largest absolute Gasteiger partial charge is 0.494 e. The van der Waals surface area contributed by atoms with Crippen molar-refractivity contribution >= 4 is 5.71 Å². The number of hydrogen-bond acceptors (Lipinski definition) is 4. The van der Waals surface area contributed by atoms with Crippen LogP contribution in [-0.2, 0) is 4.84 Å². The van der Waals surface area contributed by atoms with Crippen LogP contribution in [0, 0.1) is 0 Å². The Morgan fingerprint density at radius 3 is 2.19 bits per heavy atom. The summed E-state index contributed by atoms with van der Waals surface area (Å²) in [6, 6.07) is 14.5. The van der Waals surface area contributed by atoms with Gasteiger partial charge in [0.1, 0.15) is 18.6 Å². The molecule has 4 nitrogen and oxygen atoms in total. The van der Waals surface area contributed by atoms with E-state index in [9.17, 15) is 0 Å². The molecular weight excluding hydrogens is 336 g/mol. The molecular formula is C23H34N2O2. The molecule has 0 amide bonds. The van der Waals surface area contributed by atoms with Gasteiger partial charge in [0.25, 0.3) is 0 Å². The van der Waals surface area contributed by atoms with Gasteiger partial charge in [-0.15, -0.1) is 0 Å². The molecule has 1 aliphatic rings. The highest BCUT2D eigenvalue weighted by Crippen LogP contribution is 2.38. The molecule has 2 aromatic rings. The summed E-state index contributed by atoms with van der Waals surface area (Å²) in [7, 11) is 3.55. The monoisotopic (exact) mass is 370 g/mol. The van der Waals surface area contributed by atoms with Crippen LogP contribution in [0.4, 0.5) is 0 Å². The van der Waals surface area contributed by atoms with Gasteiger partial charge in [0.05, 0.1) is 6.61 Å². The molecule has 0 aliphatic heterocycles. The quantitative estimate of drug-likeness (QED) is 0.441. The molecule has 1 N–H and O–H groups in total. The summed E-state index contributed by atoms with van der Waals surface area (Å²) in [5.41, 5.74) is 5.42. The van der Waals surface area contributed by atoms with Gasteiger partial charge in [0.2, 0.25) is 0 Å². The predicted molar refractivity (Wildman–Crippen MR) is 116 cm³/mol. The van der Waals surface area contributed by atoms with Gasteiger partial charge in [-0.1, -0.05) is 57.1 Å². The highest BCUT2D eigenvalue weighted by atomic mass is 16.6. The lowest BCUT2D eigenvalue weighted by Crippen LogP contribution is -2.09. The lowest BCUT2D eigenvalue weighted by atomic mass is 10.1. The molecule has 0 heterocycles. The fourth-order valence-corrected chi connectivity index (χ4v) is 2.90. The number of oxime groups is 1. The Kier molecular flexibility index (Phi) is 10.9. The van der Waals surface area contributed by atoms with Crippen LogP contribution in [0.5, 0.6) is 5.75 Å². The summed E-state index contributed by atoms with van der Waals surface area (Å²) >= 11 is 0. The minimum Gasteiger partial charge on any atom is -0.494 e. The number of hydrogen-bond donors (Lipinski definition) is 1. The number of nitrogens with one attached hydrogen (secondary N) is 1. The fraction of sp³-hybridized carbons (Fsp3) is 0.435. The minimum absolute atomic E-state index is 0.726. The minimum atomic E-state index is 0.726. The molecule has 0 aromatic heterocycles. The van der Waals surface area contributed by atoms with Crippen molar-refractivity contribution < 1.29 is 9.57 Å². The average Bonchev–Trinajstić information content (AvgIpc) is 3.05. The Hall–Kier alpha value is -2.33. The van der Waals surface area contributed by atoms with Gasteiger partial charge >= 0.3 is 0 Å². The molecule has 1 aliphatic carbocycles. The van der Waals surface area contributed by atoms with Gasteiger partial charge in [0.15, 0.2) is 0 Å². The first-order valence-corrected chi connectivity index (χ1v) is 9.98. The Balaban J connectivity index is 0.000000855. The van der Waals surface area contributed by atoms with Crippen molar-refractivity contribution in [1.82, 2.24) is 5.32 Å². The third-order valence-corrected chi connectivity index (χ3v) is 3.99. The van der Waals surface area contributed by atoms with E-state index in [0.29, 0.717) is 0 Å². The van der Waals surface area contributed by atoms with E-state index >= 15 is 0 Å². The van der Waals surface area contributed by atoms with Crippen molar-refractivity contribution in [2.24, 2.45) is 5.16 Å². The third kappa shape index (κ3) is 5.83. The van der Waals surface area contributed by atoms with Crippen LogP contribution in [0.1, 0.15) is 51.7 Å². The fourth-order valence-electron chi connectivity index (χ4n) is 2.90. The first-order chi connectivity index (χ1) is 13.3. The van der Waals surface area contributed by atoms with Gasteiger partial charge in [-0.25, -0.2) is 0 Å². The van der Waals surface area contributed by atoms with Crippen LogP contribution in [0.25, 0.3) is 11.1 Å². The van der Waals surface area contributed by atoms with E-state index in [-0.39, 0.29) is 0 Å². The summed E-state index contributed by atoms with van der Waals surface area (Å²) in [4.78, 5) is 5.04. The molecule has 0 bridgehead atoms. The molecule has 0 saturated carbocycles. The van der Waals surface area contributed by atoms with Crippen LogP contribution < -0.4 is 10.1 Å². The van der Waals surface area contributed by atoms with Crippen LogP contribution >= 0.6 is 0 Å². The van der Waals surface area contributed by atoms with Gasteiger partial charge in [0, 0.05) is 11.1 Å². The van der Waals surface area contributed by atoms with Crippen LogP contribution in [0.2, 0.25) is 0 Å². The van der Waals surface area contributed by atoms with Crippen LogP contribution in [0.15, 0.2) is 47.6 Å². The molecule has 4 heteroatoms. The molecule has 0 spiro atoms. The van der Waals surface area contributed by atoms with Crippen molar-refractivity contribution in [2.45, 2.75) is 40.5 Å². The number of benzene rings is 2. The molecule has 27 heavy (non-hydrogen) atoms. The summed E-state index contributed by atoms with van der Waals surface area (Å²) in [6.45, 7) is 9.75. The maximum Gasteiger partial charge on any atom is 0.120 e. The number of unbranched alkanes of at least 4 members (excludes halogenated alkanes) is 1. The zero-order chi connectivity index (χ0) is 20.1. The maximum absolute atomic E-state index is 5.88. The second-order valence-corrected chi connectivity index (χ2v) is 5.53. The number of nitrogens with zero attached hydrogens (tertiary/aromatic N) is 1. The SMILES string of the molecule is CC.CC.CNCCCCOc1ccc2c(c1)/C(=N\OC)c1ccccc1-2. The highest BCUT2D eigenvalue weighted by molar-refractivity contribution is 6.24. The van der Waals surface area contributed by atoms with E-state index in [4.69, 9.17) is 9.57 Å². The van der Waals surface area contributed by atoms with Crippen molar-refractivity contribution in [1.29, 1.82) is 0 Å². The number of fused-ring (bicyclic) bond motifs is 3. The average molecular weight is 371 g/mol. The lowest BCUT2D eigenvalue weighted by Gasteiger charge is -2.08. The van der Waals surface area contributed by atoms with E-state index in [0.717, 1.165) is 48.6 Å². The van der Waals surface area contributed by atoms with E-state index in [2.05, 4.69) is 34.7 Å². The Labute approximate surface area is 164 Å². The summed E-state index contributed by atoms with van der Waals surface area (Å²) in [5, 5.41) is 7.37. The molecule has 0 fully saturated rings.